The standard InChI is InChI=1S/C11H13IO2/c1-14-10-6-4-9(5-7-10)11(13)3-2-8-12/h4-7H,2-3,8H2,1H3. The van der Waals surface area contributed by atoms with Crippen molar-refractivity contribution in [3.63, 3.8) is 0 Å². The Balaban J connectivity index is 2.62. The summed E-state index contributed by atoms with van der Waals surface area (Å²) in [6.45, 7) is 0. The van der Waals surface area contributed by atoms with Gasteiger partial charge in [0, 0.05) is 12.0 Å². The van der Waals surface area contributed by atoms with Crippen LogP contribution >= 0.6 is 22.6 Å². The van der Waals surface area contributed by atoms with Gasteiger partial charge in [0.05, 0.1) is 7.11 Å². The van der Waals surface area contributed by atoms with E-state index in [0.717, 1.165) is 22.2 Å². The van der Waals surface area contributed by atoms with E-state index in [-0.39, 0.29) is 5.78 Å². The summed E-state index contributed by atoms with van der Waals surface area (Å²) >= 11 is 2.28. The fourth-order valence-electron chi connectivity index (χ4n) is 1.15. The van der Waals surface area contributed by atoms with E-state index in [1.165, 1.54) is 0 Å². The molecule has 0 fully saturated rings. The van der Waals surface area contributed by atoms with Crippen LogP contribution in [0.15, 0.2) is 24.3 Å². The highest BCUT2D eigenvalue weighted by atomic mass is 127. The minimum Gasteiger partial charge on any atom is -0.497 e. The van der Waals surface area contributed by atoms with Crippen molar-refractivity contribution in [2.45, 2.75) is 12.8 Å². The number of ketones is 1. The van der Waals surface area contributed by atoms with Crippen molar-refractivity contribution in [3.05, 3.63) is 29.8 Å². The van der Waals surface area contributed by atoms with Crippen molar-refractivity contribution in [2.75, 3.05) is 11.5 Å². The molecule has 0 aliphatic heterocycles. The Morgan fingerprint density at radius 3 is 2.50 bits per heavy atom. The molecule has 2 nitrogen and oxygen atoms in total. The van der Waals surface area contributed by atoms with Gasteiger partial charge in [0.25, 0.3) is 0 Å². The van der Waals surface area contributed by atoms with Crippen LogP contribution in [0.5, 0.6) is 5.75 Å². The predicted molar refractivity (Wildman–Crippen MR) is 65.4 cm³/mol. The molecule has 3 heteroatoms. The Hall–Kier alpha value is -0.580. The van der Waals surface area contributed by atoms with E-state index in [1.54, 1.807) is 7.11 Å². The molecular weight excluding hydrogens is 291 g/mol. The molecule has 0 saturated heterocycles. The molecule has 0 aliphatic carbocycles. The van der Waals surface area contributed by atoms with Gasteiger partial charge >= 0.3 is 0 Å². The molecule has 76 valence electrons. The van der Waals surface area contributed by atoms with Crippen LogP contribution in [0.3, 0.4) is 0 Å². The molecule has 0 saturated carbocycles. The van der Waals surface area contributed by atoms with E-state index in [0.29, 0.717) is 6.42 Å². The Labute approximate surface area is 97.8 Å². The van der Waals surface area contributed by atoms with Gasteiger partial charge in [-0.3, -0.25) is 4.79 Å². The van der Waals surface area contributed by atoms with Gasteiger partial charge in [0.2, 0.25) is 0 Å². The molecule has 0 radical (unpaired) electrons. The number of alkyl halides is 1. The van der Waals surface area contributed by atoms with Crippen LogP contribution in [0, 0.1) is 0 Å². The SMILES string of the molecule is COc1ccc(C(=O)CCCI)cc1. The van der Waals surface area contributed by atoms with Crippen molar-refractivity contribution >= 4 is 28.4 Å². The lowest BCUT2D eigenvalue weighted by Crippen LogP contribution is -1.98. The molecule has 0 heterocycles. The van der Waals surface area contributed by atoms with Gasteiger partial charge in [0.1, 0.15) is 5.75 Å². The normalized spacial score (nSPS) is 9.86. The Morgan fingerprint density at radius 1 is 1.36 bits per heavy atom. The molecule has 1 rings (SSSR count). The lowest BCUT2D eigenvalue weighted by molar-refractivity contribution is 0.0982. The summed E-state index contributed by atoms with van der Waals surface area (Å²) < 4.78 is 6.04. The number of carbonyl (C=O) groups excluding carboxylic acids is 1. The third-order valence-corrected chi connectivity index (χ3v) is 2.71. The third kappa shape index (κ3) is 3.29. The maximum Gasteiger partial charge on any atom is 0.162 e. The second kappa shape index (κ2) is 6.01. The van der Waals surface area contributed by atoms with Gasteiger partial charge in [-0.1, -0.05) is 22.6 Å². The number of halogens is 1. The number of hydrogen-bond acceptors (Lipinski definition) is 2. The van der Waals surface area contributed by atoms with Gasteiger partial charge in [-0.15, -0.1) is 0 Å². The third-order valence-electron chi connectivity index (χ3n) is 1.95. The van der Waals surface area contributed by atoms with E-state index >= 15 is 0 Å². The van der Waals surface area contributed by atoms with Crippen LogP contribution in [0.2, 0.25) is 0 Å². The maximum absolute atomic E-state index is 11.6. The lowest BCUT2D eigenvalue weighted by Gasteiger charge is -2.01. The Bertz CT molecular complexity index is 293. The van der Waals surface area contributed by atoms with Crippen LogP contribution in [-0.4, -0.2) is 17.3 Å². The Kier molecular flexibility index (Phi) is 4.93. The fraction of sp³-hybridized carbons (Fsp3) is 0.364. The quantitative estimate of drug-likeness (QED) is 0.475. The highest BCUT2D eigenvalue weighted by molar-refractivity contribution is 14.1. The van der Waals surface area contributed by atoms with Gasteiger partial charge in [-0.05, 0) is 35.1 Å². The van der Waals surface area contributed by atoms with Crippen molar-refractivity contribution < 1.29 is 9.53 Å². The molecule has 0 unspecified atom stereocenters. The number of ether oxygens (including phenoxy) is 1. The molecule has 0 atom stereocenters. The fourth-order valence-corrected chi connectivity index (χ4v) is 1.53. The first-order valence-corrected chi connectivity index (χ1v) is 6.03. The predicted octanol–water partition coefficient (Wildman–Crippen LogP) is 3.09. The van der Waals surface area contributed by atoms with Crippen molar-refractivity contribution in [2.24, 2.45) is 0 Å². The molecular formula is C11H13IO2. The van der Waals surface area contributed by atoms with Crippen LogP contribution in [0.4, 0.5) is 0 Å². The molecule has 1 aromatic carbocycles. The van der Waals surface area contributed by atoms with Crippen molar-refractivity contribution in [1.29, 1.82) is 0 Å². The minimum atomic E-state index is 0.212. The van der Waals surface area contributed by atoms with Crippen LogP contribution in [0.1, 0.15) is 23.2 Å². The summed E-state index contributed by atoms with van der Waals surface area (Å²) in [6.07, 6.45) is 1.58. The lowest BCUT2D eigenvalue weighted by atomic mass is 10.1. The molecule has 0 amide bonds. The zero-order valence-electron chi connectivity index (χ0n) is 8.13. The van der Waals surface area contributed by atoms with Gasteiger partial charge in [-0.25, -0.2) is 0 Å². The molecule has 0 aliphatic rings. The first-order chi connectivity index (χ1) is 6.77. The van der Waals surface area contributed by atoms with E-state index in [2.05, 4.69) is 22.6 Å². The molecule has 1 aromatic rings. The van der Waals surface area contributed by atoms with Crippen molar-refractivity contribution in [3.8, 4) is 5.75 Å². The average molecular weight is 304 g/mol. The van der Waals surface area contributed by atoms with E-state index in [4.69, 9.17) is 4.74 Å². The summed E-state index contributed by atoms with van der Waals surface area (Å²) in [4.78, 5) is 11.6. The van der Waals surface area contributed by atoms with Crippen molar-refractivity contribution in [1.82, 2.24) is 0 Å². The second-order valence-corrected chi connectivity index (χ2v) is 4.02. The monoisotopic (exact) mass is 304 g/mol. The Morgan fingerprint density at radius 2 is 2.00 bits per heavy atom. The smallest absolute Gasteiger partial charge is 0.162 e. The summed E-state index contributed by atoms with van der Waals surface area (Å²) in [5.41, 5.74) is 0.774. The zero-order valence-corrected chi connectivity index (χ0v) is 10.3. The van der Waals surface area contributed by atoms with Crippen LogP contribution in [-0.2, 0) is 0 Å². The van der Waals surface area contributed by atoms with Gasteiger partial charge in [0.15, 0.2) is 5.78 Å². The number of Topliss-reactive ketones (excluding diaryl/α,β-unsaturated/α-hetero) is 1. The summed E-state index contributed by atoms with van der Waals surface area (Å²) in [7, 11) is 1.62. The largest absolute Gasteiger partial charge is 0.497 e. The second-order valence-electron chi connectivity index (χ2n) is 2.94. The van der Waals surface area contributed by atoms with E-state index in [1.807, 2.05) is 24.3 Å². The first-order valence-electron chi connectivity index (χ1n) is 4.51. The van der Waals surface area contributed by atoms with Crippen LogP contribution in [0.25, 0.3) is 0 Å². The molecule has 0 N–H and O–H groups in total. The topological polar surface area (TPSA) is 26.3 Å². The highest BCUT2D eigenvalue weighted by Crippen LogP contribution is 2.13. The van der Waals surface area contributed by atoms with E-state index < -0.39 is 0 Å². The summed E-state index contributed by atoms with van der Waals surface area (Å²) in [5.74, 6) is 1.000. The summed E-state index contributed by atoms with van der Waals surface area (Å²) in [5, 5.41) is 0. The molecule has 0 bridgehead atoms. The molecule has 14 heavy (non-hydrogen) atoms. The summed E-state index contributed by atoms with van der Waals surface area (Å²) in [6, 6.07) is 7.26. The molecule has 0 aromatic heterocycles. The number of hydrogen-bond donors (Lipinski definition) is 0. The highest BCUT2D eigenvalue weighted by Gasteiger charge is 2.04. The number of carbonyl (C=O) groups is 1. The average Bonchev–Trinajstić information content (AvgIpc) is 2.26. The first kappa shape index (κ1) is 11.5. The minimum absolute atomic E-state index is 0.212. The van der Waals surface area contributed by atoms with Gasteiger partial charge < -0.3 is 4.74 Å². The van der Waals surface area contributed by atoms with Crippen LogP contribution < -0.4 is 4.74 Å². The van der Waals surface area contributed by atoms with Gasteiger partial charge in [-0.2, -0.15) is 0 Å². The number of rotatable bonds is 5. The number of benzene rings is 1. The molecule has 0 spiro atoms. The zero-order chi connectivity index (χ0) is 10.4. The number of methoxy groups -OCH3 is 1. The maximum atomic E-state index is 11.6. The van der Waals surface area contributed by atoms with E-state index in [9.17, 15) is 4.79 Å².